The third kappa shape index (κ3) is 2.20. The summed E-state index contributed by atoms with van der Waals surface area (Å²) >= 11 is 0. The molecule has 1 aromatic carbocycles. The number of carboxylic acid groups (broad SMARTS) is 1. The quantitative estimate of drug-likeness (QED) is 0.821. The molecule has 0 radical (unpaired) electrons. The molecule has 1 atom stereocenters. The molecule has 2 rings (SSSR count). The number of carboxylic acids is 1. The summed E-state index contributed by atoms with van der Waals surface area (Å²) < 4.78 is 0. The Balaban J connectivity index is 2.23. The smallest absolute Gasteiger partial charge is 0.311 e. The minimum atomic E-state index is -0.673. The fraction of sp³-hybridized carbons (Fsp3) is 0.462. The number of carbonyl (C=O) groups is 1. The van der Waals surface area contributed by atoms with E-state index in [1.54, 1.807) is 0 Å². The Bertz CT molecular complexity index is 326. The van der Waals surface area contributed by atoms with Crippen molar-refractivity contribution in [2.45, 2.75) is 31.6 Å². The van der Waals surface area contributed by atoms with Crippen LogP contribution in [0.2, 0.25) is 0 Å². The zero-order chi connectivity index (χ0) is 10.7. The Labute approximate surface area is 89.9 Å². The first-order valence-corrected chi connectivity index (χ1v) is 5.57. The van der Waals surface area contributed by atoms with Gasteiger partial charge in [-0.25, -0.2) is 0 Å². The highest BCUT2D eigenvalue weighted by molar-refractivity contribution is 5.76. The second kappa shape index (κ2) is 4.47. The largest absolute Gasteiger partial charge is 0.481 e. The zero-order valence-electron chi connectivity index (χ0n) is 8.73. The fourth-order valence-corrected chi connectivity index (χ4v) is 2.57. The molecule has 1 aromatic rings. The van der Waals surface area contributed by atoms with Crippen LogP contribution in [-0.2, 0) is 4.79 Å². The van der Waals surface area contributed by atoms with Crippen LogP contribution in [-0.4, -0.2) is 11.1 Å². The van der Waals surface area contributed by atoms with Gasteiger partial charge in [-0.15, -0.1) is 0 Å². The van der Waals surface area contributed by atoms with Gasteiger partial charge in [0.15, 0.2) is 0 Å². The van der Waals surface area contributed by atoms with E-state index in [1.165, 1.54) is 12.8 Å². The zero-order valence-corrected chi connectivity index (χ0v) is 8.73. The van der Waals surface area contributed by atoms with Gasteiger partial charge in [0, 0.05) is 0 Å². The average molecular weight is 204 g/mol. The fourth-order valence-electron chi connectivity index (χ4n) is 2.57. The van der Waals surface area contributed by atoms with Crippen molar-refractivity contribution >= 4 is 5.97 Å². The first kappa shape index (κ1) is 10.2. The minimum Gasteiger partial charge on any atom is -0.481 e. The van der Waals surface area contributed by atoms with Gasteiger partial charge in [0.25, 0.3) is 0 Å². The van der Waals surface area contributed by atoms with Gasteiger partial charge in [-0.1, -0.05) is 43.2 Å². The van der Waals surface area contributed by atoms with Crippen molar-refractivity contribution in [3.8, 4) is 0 Å². The molecule has 1 aliphatic carbocycles. The predicted molar refractivity (Wildman–Crippen MR) is 58.8 cm³/mol. The number of benzene rings is 1. The molecular formula is C13H16O2. The maximum atomic E-state index is 11.3. The number of hydrogen-bond donors (Lipinski definition) is 1. The summed E-state index contributed by atoms with van der Waals surface area (Å²) in [5.74, 6) is -0.633. The van der Waals surface area contributed by atoms with Gasteiger partial charge in [0.2, 0.25) is 0 Å². The van der Waals surface area contributed by atoms with Crippen LogP contribution in [0.25, 0.3) is 0 Å². The van der Waals surface area contributed by atoms with Gasteiger partial charge < -0.3 is 5.11 Å². The molecule has 1 fully saturated rings. The molecule has 2 nitrogen and oxygen atoms in total. The SMILES string of the molecule is O=C(O)[C@@H](c1ccccc1)C1CCCC1. The molecular weight excluding hydrogens is 188 g/mol. The van der Waals surface area contributed by atoms with Gasteiger partial charge in [-0.3, -0.25) is 4.79 Å². The van der Waals surface area contributed by atoms with E-state index >= 15 is 0 Å². The molecule has 1 saturated carbocycles. The van der Waals surface area contributed by atoms with E-state index in [1.807, 2.05) is 30.3 Å². The van der Waals surface area contributed by atoms with Crippen LogP contribution < -0.4 is 0 Å². The van der Waals surface area contributed by atoms with Crippen LogP contribution in [0.15, 0.2) is 30.3 Å². The number of rotatable bonds is 3. The lowest BCUT2D eigenvalue weighted by Gasteiger charge is -2.19. The van der Waals surface area contributed by atoms with E-state index in [-0.39, 0.29) is 5.92 Å². The Hall–Kier alpha value is -1.31. The summed E-state index contributed by atoms with van der Waals surface area (Å²) in [5.41, 5.74) is 0.955. The highest BCUT2D eigenvalue weighted by atomic mass is 16.4. The maximum Gasteiger partial charge on any atom is 0.311 e. The molecule has 0 aliphatic heterocycles. The molecule has 2 heteroatoms. The molecule has 80 valence electrons. The summed E-state index contributed by atoms with van der Waals surface area (Å²) in [6.45, 7) is 0. The Kier molecular flexibility index (Phi) is 3.05. The molecule has 1 N–H and O–H groups in total. The van der Waals surface area contributed by atoms with Crippen molar-refractivity contribution in [2.24, 2.45) is 5.92 Å². The van der Waals surface area contributed by atoms with E-state index in [2.05, 4.69) is 0 Å². The lowest BCUT2D eigenvalue weighted by Crippen LogP contribution is -2.19. The van der Waals surface area contributed by atoms with Crippen molar-refractivity contribution in [2.75, 3.05) is 0 Å². The van der Waals surface area contributed by atoms with Gasteiger partial charge in [0.1, 0.15) is 0 Å². The van der Waals surface area contributed by atoms with Crippen LogP contribution >= 0.6 is 0 Å². The van der Waals surface area contributed by atoms with Crippen LogP contribution in [0.1, 0.15) is 37.2 Å². The van der Waals surface area contributed by atoms with Crippen LogP contribution in [0.3, 0.4) is 0 Å². The summed E-state index contributed by atoms with van der Waals surface area (Å²) in [5, 5.41) is 9.29. The summed E-state index contributed by atoms with van der Waals surface area (Å²) in [6, 6.07) is 9.62. The number of hydrogen-bond acceptors (Lipinski definition) is 1. The van der Waals surface area contributed by atoms with E-state index in [0.29, 0.717) is 5.92 Å². The second-order valence-electron chi connectivity index (χ2n) is 4.27. The molecule has 1 aliphatic rings. The summed E-state index contributed by atoms with van der Waals surface area (Å²) in [6.07, 6.45) is 4.49. The molecule has 15 heavy (non-hydrogen) atoms. The minimum absolute atomic E-state index is 0.298. The third-order valence-electron chi connectivity index (χ3n) is 3.30. The van der Waals surface area contributed by atoms with Crippen molar-refractivity contribution in [3.05, 3.63) is 35.9 Å². The number of aliphatic carboxylic acids is 1. The van der Waals surface area contributed by atoms with Crippen LogP contribution in [0.5, 0.6) is 0 Å². The summed E-state index contributed by atoms with van der Waals surface area (Å²) in [4.78, 5) is 11.3. The molecule has 0 unspecified atom stereocenters. The summed E-state index contributed by atoms with van der Waals surface area (Å²) in [7, 11) is 0. The van der Waals surface area contributed by atoms with E-state index in [0.717, 1.165) is 18.4 Å². The van der Waals surface area contributed by atoms with Gasteiger partial charge in [0.05, 0.1) is 5.92 Å². The van der Waals surface area contributed by atoms with Gasteiger partial charge >= 0.3 is 5.97 Å². The molecule has 0 bridgehead atoms. The second-order valence-corrected chi connectivity index (χ2v) is 4.27. The third-order valence-corrected chi connectivity index (χ3v) is 3.30. The van der Waals surface area contributed by atoms with Crippen molar-refractivity contribution in [1.82, 2.24) is 0 Å². The monoisotopic (exact) mass is 204 g/mol. The average Bonchev–Trinajstić information content (AvgIpc) is 2.72. The molecule has 0 aromatic heterocycles. The topological polar surface area (TPSA) is 37.3 Å². The molecule has 0 spiro atoms. The predicted octanol–water partition coefficient (Wildman–Crippen LogP) is 3.05. The van der Waals surface area contributed by atoms with Gasteiger partial charge in [-0.05, 0) is 24.3 Å². The molecule has 0 saturated heterocycles. The Morgan fingerprint density at radius 1 is 1.20 bits per heavy atom. The molecule has 0 amide bonds. The normalized spacial score (nSPS) is 18.9. The first-order valence-electron chi connectivity index (χ1n) is 5.57. The standard InChI is InChI=1S/C13H16O2/c14-13(15)12(11-8-4-5-9-11)10-6-2-1-3-7-10/h1-3,6-7,11-12H,4-5,8-9H2,(H,14,15)/t12-/m0/s1. The van der Waals surface area contributed by atoms with Crippen LogP contribution in [0.4, 0.5) is 0 Å². The lowest BCUT2D eigenvalue weighted by atomic mass is 9.85. The highest BCUT2D eigenvalue weighted by Crippen LogP contribution is 2.37. The van der Waals surface area contributed by atoms with E-state index in [9.17, 15) is 9.90 Å². The van der Waals surface area contributed by atoms with E-state index in [4.69, 9.17) is 0 Å². The van der Waals surface area contributed by atoms with Crippen molar-refractivity contribution in [1.29, 1.82) is 0 Å². The van der Waals surface area contributed by atoms with Crippen molar-refractivity contribution in [3.63, 3.8) is 0 Å². The Morgan fingerprint density at radius 3 is 2.33 bits per heavy atom. The first-order chi connectivity index (χ1) is 7.29. The van der Waals surface area contributed by atoms with E-state index < -0.39 is 5.97 Å². The Morgan fingerprint density at radius 2 is 1.80 bits per heavy atom. The lowest BCUT2D eigenvalue weighted by molar-refractivity contribution is -0.140. The van der Waals surface area contributed by atoms with Crippen molar-refractivity contribution < 1.29 is 9.90 Å². The van der Waals surface area contributed by atoms with Crippen LogP contribution in [0, 0.1) is 5.92 Å². The highest BCUT2D eigenvalue weighted by Gasteiger charge is 2.31. The van der Waals surface area contributed by atoms with Gasteiger partial charge in [-0.2, -0.15) is 0 Å². The molecule has 0 heterocycles. The maximum absolute atomic E-state index is 11.3.